The molecule has 0 atom stereocenters. The number of carbonyl (C=O) groups excluding carboxylic acids is 1. The quantitative estimate of drug-likeness (QED) is 0.356. The number of carbonyl (C=O) groups is 1. The number of nitriles is 1. The second-order valence-corrected chi connectivity index (χ2v) is 7.09. The largest absolute Gasteiger partial charge is 0.321 e. The molecule has 0 spiro atoms. The fourth-order valence-electron chi connectivity index (χ4n) is 2.90. The van der Waals surface area contributed by atoms with Crippen molar-refractivity contribution in [2.75, 3.05) is 5.32 Å². The van der Waals surface area contributed by atoms with Gasteiger partial charge in [-0.05, 0) is 41.8 Å². The molecule has 1 heterocycles. The van der Waals surface area contributed by atoms with Gasteiger partial charge in [-0.3, -0.25) is 4.79 Å². The first-order chi connectivity index (χ1) is 14.1. The van der Waals surface area contributed by atoms with Crippen LogP contribution in [0.4, 0.5) is 10.1 Å². The van der Waals surface area contributed by atoms with Crippen molar-refractivity contribution in [3.05, 3.63) is 89.2 Å². The molecule has 0 bridgehead atoms. The molecule has 0 unspecified atom stereocenters. The number of fused-ring (bicyclic) bond motifs is 1. The van der Waals surface area contributed by atoms with E-state index in [0.717, 1.165) is 16.3 Å². The molecular formula is C23H14FN3OS. The van der Waals surface area contributed by atoms with Crippen LogP contribution >= 0.6 is 11.3 Å². The fraction of sp³-hybridized carbons (Fsp3) is 0. The zero-order valence-electron chi connectivity index (χ0n) is 15.1. The van der Waals surface area contributed by atoms with E-state index < -0.39 is 5.91 Å². The topological polar surface area (TPSA) is 65.8 Å². The monoisotopic (exact) mass is 399 g/mol. The Morgan fingerprint density at radius 1 is 1.07 bits per heavy atom. The first-order valence-corrected chi connectivity index (χ1v) is 9.64. The van der Waals surface area contributed by atoms with Crippen LogP contribution in [0.3, 0.4) is 0 Å². The number of aromatic nitrogens is 1. The standard InChI is InChI=1S/C23H14FN3OS/c24-18-10-8-16(9-11-18)23-26-19(14-29-23)12-17(13-25)22(28)27-21-7-3-5-15-4-1-2-6-20(15)21/h1-12,14H,(H,27,28)/b17-12+. The van der Waals surface area contributed by atoms with Crippen molar-refractivity contribution >= 4 is 39.8 Å². The summed E-state index contributed by atoms with van der Waals surface area (Å²) in [6.07, 6.45) is 1.45. The number of nitrogens with zero attached hydrogens (tertiary/aromatic N) is 2. The summed E-state index contributed by atoms with van der Waals surface area (Å²) >= 11 is 1.36. The lowest BCUT2D eigenvalue weighted by molar-refractivity contribution is -0.112. The highest BCUT2D eigenvalue weighted by Gasteiger charge is 2.13. The summed E-state index contributed by atoms with van der Waals surface area (Å²) in [6, 6.07) is 21.2. The molecule has 0 aliphatic heterocycles. The summed E-state index contributed by atoms with van der Waals surface area (Å²) in [6.45, 7) is 0. The molecule has 1 N–H and O–H groups in total. The van der Waals surface area contributed by atoms with Crippen molar-refractivity contribution in [3.8, 4) is 16.6 Å². The molecular weight excluding hydrogens is 385 g/mol. The highest BCUT2D eigenvalue weighted by Crippen LogP contribution is 2.26. The van der Waals surface area contributed by atoms with Crippen molar-refractivity contribution < 1.29 is 9.18 Å². The number of anilines is 1. The van der Waals surface area contributed by atoms with Crippen LogP contribution in [0.1, 0.15) is 5.69 Å². The number of benzene rings is 3. The second-order valence-electron chi connectivity index (χ2n) is 6.24. The minimum atomic E-state index is -0.500. The van der Waals surface area contributed by atoms with Gasteiger partial charge in [0, 0.05) is 22.0 Å². The Bertz CT molecular complexity index is 1260. The molecule has 4 aromatic rings. The minimum absolute atomic E-state index is 0.0473. The zero-order valence-corrected chi connectivity index (χ0v) is 15.9. The highest BCUT2D eigenvalue weighted by atomic mass is 32.1. The number of thiazole rings is 1. The third-order valence-electron chi connectivity index (χ3n) is 4.31. The van der Waals surface area contributed by atoms with Crippen LogP contribution < -0.4 is 5.32 Å². The highest BCUT2D eigenvalue weighted by molar-refractivity contribution is 7.13. The van der Waals surface area contributed by atoms with Crippen molar-refractivity contribution in [1.29, 1.82) is 5.26 Å². The molecule has 6 heteroatoms. The van der Waals surface area contributed by atoms with E-state index in [1.165, 1.54) is 29.5 Å². The number of rotatable bonds is 4. The molecule has 0 radical (unpaired) electrons. The number of hydrogen-bond acceptors (Lipinski definition) is 4. The number of amides is 1. The van der Waals surface area contributed by atoms with Crippen LogP contribution in [-0.2, 0) is 4.79 Å². The number of halogens is 1. The average Bonchev–Trinajstić information content (AvgIpc) is 3.21. The van der Waals surface area contributed by atoms with E-state index in [9.17, 15) is 14.4 Å². The van der Waals surface area contributed by atoms with Crippen LogP contribution in [0.15, 0.2) is 77.7 Å². The molecule has 1 aromatic heterocycles. The molecule has 3 aromatic carbocycles. The Hall–Kier alpha value is -3.82. The summed E-state index contributed by atoms with van der Waals surface area (Å²) in [4.78, 5) is 17.1. The molecule has 0 fully saturated rings. The summed E-state index contributed by atoms with van der Waals surface area (Å²) in [7, 11) is 0. The van der Waals surface area contributed by atoms with Crippen LogP contribution in [0.2, 0.25) is 0 Å². The molecule has 4 rings (SSSR count). The average molecular weight is 399 g/mol. The van der Waals surface area contributed by atoms with E-state index >= 15 is 0 Å². The van der Waals surface area contributed by atoms with Gasteiger partial charge in [0.2, 0.25) is 0 Å². The lowest BCUT2D eigenvalue weighted by Crippen LogP contribution is -2.13. The third kappa shape index (κ3) is 4.05. The Morgan fingerprint density at radius 2 is 1.83 bits per heavy atom. The van der Waals surface area contributed by atoms with Gasteiger partial charge in [0.1, 0.15) is 22.5 Å². The van der Waals surface area contributed by atoms with Crippen molar-refractivity contribution in [1.82, 2.24) is 4.98 Å². The molecule has 1 amide bonds. The van der Waals surface area contributed by atoms with E-state index in [2.05, 4.69) is 10.3 Å². The zero-order chi connectivity index (χ0) is 20.2. The van der Waals surface area contributed by atoms with Crippen molar-refractivity contribution in [2.24, 2.45) is 0 Å². The first kappa shape index (κ1) is 18.5. The maximum atomic E-state index is 13.1. The summed E-state index contributed by atoms with van der Waals surface area (Å²) in [5.41, 5.74) is 1.86. The third-order valence-corrected chi connectivity index (χ3v) is 5.22. The van der Waals surface area contributed by atoms with Gasteiger partial charge in [-0.15, -0.1) is 11.3 Å². The van der Waals surface area contributed by atoms with Crippen LogP contribution in [0.5, 0.6) is 0 Å². The van der Waals surface area contributed by atoms with Gasteiger partial charge < -0.3 is 5.32 Å². The number of nitrogens with one attached hydrogen (secondary N) is 1. The Morgan fingerprint density at radius 3 is 2.62 bits per heavy atom. The van der Waals surface area contributed by atoms with E-state index in [1.807, 2.05) is 42.5 Å². The van der Waals surface area contributed by atoms with Gasteiger partial charge in [-0.1, -0.05) is 36.4 Å². The predicted molar refractivity (Wildman–Crippen MR) is 114 cm³/mol. The maximum Gasteiger partial charge on any atom is 0.266 e. The minimum Gasteiger partial charge on any atom is -0.321 e. The SMILES string of the molecule is N#C/C(=C\c1csc(-c2ccc(F)cc2)n1)C(=O)Nc1cccc2ccccc12. The van der Waals surface area contributed by atoms with Gasteiger partial charge in [0.15, 0.2) is 0 Å². The predicted octanol–water partition coefficient (Wildman–Crippen LogP) is 5.65. The van der Waals surface area contributed by atoms with E-state index in [-0.39, 0.29) is 11.4 Å². The van der Waals surface area contributed by atoms with Gasteiger partial charge in [-0.25, -0.2) is 9.37 Å². The Kier molecular flexibility index (Phi) is 5.14. The lowest BCUT2D eigenvalue weighted by Gasteiger charge is -2.08. The lowest BCUT2D eigenvalue weighted by atomic mass is 10.1. The van der Waals surface area contributed by atoms with Gasteiger partial charge in [-0.2, -0.15) is 5.26 Å². The van der Waals surface area contributed by atoms with Crippen molar-refractivity contribution in [3.63, 3.8) is 0 Å². The maximum absolute atomic E-state index is 13.1. The molecule has 29 heavy (non-hydrogen) atoms. The Labute approximate surface area is 170 Å². The van der Waals surface area contributed by atoms with Crippen LogP contribution in [0.25, 0.3) is 27.4 Å². The van der Waals surface area contributed by atoms with Gasteiger partial charge >= 0.3 is 0 Å². The van der Waals surface area contributed by atoms with E-state index in [1.54, 1.807) is 23.6 Å². The molecule has 4 nitrogen and oxygen atoms in total. The second kappa shape index (κ2) is 8.05. The smallest absolute Gasteiger partial charge is 0.266 e. The van der Waals surface area contributed by atoms with Crippen LogP contribution in [-0.4, -0.2) is 10.9 Å². The summed E-state index contributed by atoms with van der Waals surface area (Å²) < 4.78 is 13.1. The fourth-order valence-corrected chi connectivity index (χ4v) is 3.68. The molecule has 140 valence electrons. The van der Waals surface area contributed by atoms with E-state index in [0.29, 0.717) is 16.4 Å². The normalized spacial score (nSPS) is 11.2. The summed E-state index contributed by atoms with van der Waals surface area (Å²) in [5.74, 6) is -0.817. The Balaban J connectivity index is 1.58. The van der Waals surface area contributed by atoms with E-state index in [4.69, 9.17) is 0 Å². The van der Waals surface area contributed by atoms with Gasteiger partial charge in [0.05, 0.1) is 5.69 Å². The van der Waals surface area contributed by atoms with Crippen molar-refractivity contribution in [2.45, 2.75) is 0 Å². The first-order valence-electron chi connectivity index (χ1n) is 8.76. The molecule has 0 aliphatic carbocycles. The van der Waals surface area contributed by atoms with Gasteiger partial charge in [0.25, 0.3) is 5.91 Å². The molecule has 0 saturated heterocycles. The molecule has 0 saturated carbocycles. The van der Waals surface area contributed by atoms with Crippen LogP contribution in [0, 0.1) is 17.1 Å². The summed E-state index contributed by atoms with van der Waals surface area (Å²) in [5, 5.41) is 16.6. The molecule has 0 aliphatic rings. The number of hydrogen-bond donors (Lipinski definition) is 1.